The van der Waals surface area contributed by atoms with E-state index in [1.807, 2.05) is 18.2 Å². The Hall–Kier alpha value is -2.84. The summed E-state index contributed by atoms with van der Waals surface area (Å²) in [6.45, 7) is 0. The normalized spacial score (nSPS) is 11.7. The average molecular weight is 328 g/mol. The van der Waals surface area contributed by atoms with Crippen molar-refractivity contribution in [1.29, 1.82) is 0 Å². The van der Waals surface area contributed by atoms with Gasteiger partial charge in [0.05, 0.1) is 9.52 Å². The molecule has 0 unspecified atom stereocenters. The summed E-state index contributed by atoms with van der Waals surface area (Å²) in [5.74, 6) is 0. The van der Waals surface area contributed by atoms with Gasteiger partial charge in [-0.15, -0.1) is 0 Å². The van der Waals surface area contributed by atoms with Crippen LogP contribution in [-0.2, 0) is 0 Å². The van der Waals surface area contributed by atoms with Crippen molar-refractivity contribution in [2.75, 3.05) is 4.90 Å². The summed E-state index contributed by atoms with van der Waals surface area (Å²) in [6.07, 6.45) is 4.23. The summed E-state index contributed by atoms with van der Waals surface area (Å²) < 4.78 is 0. The highest BCUT2D eigenvalue weighted by atomic mass is 28.2. The lowest BCUT2D eigenvalue weighted by Gasteiger charge is -2.25. The van der Waals surface area contributed by atoms with Gasteiger partial charge in [0, 0.05) is 17.1 Å². The van der Waals surface area contributed by atoms with Crippen molar-refractivity contribution in [2.45, 2.75) is 0 Å². The van der Waals surface area contributed by atoms with Gasteiger partial charge in [0.25, 0.3) is 0 Å². The molecule has 1 aliphatic heterocycles. The highest BCUT2D eigenvalue weighted by molar-refractivity contribution is 6.49. The van der Waals surface area contributed by atoms with Gasteiger partial charge in [-0.25, -0.2) is 0 Å². The molecule has 0 aliphatic carbocycles. The molecule has 3 aromatic rings. The van der Waals surface area contributed by atoms with Gasteiger partial charge in [0.15, 0.2) is 0 Å². The first kappa shape index (κ1) is 16.0. The Morgan fingerprint density at radius 2 is 0.792 bits per heavy atom. The molecule has 0 saturated carbocycles. The van der Waals surface area contributed by atoms with Gasteiger partial charge in [-0.1, -0.05) is 78.1 Å². The zero-order chi connectivity index (χ0) is 16.5. The van der Waals surface area contributed by atoms with Gasteiger partial charge in [0.2, 0.25) is 0 Å². The van der Waals surface area contributed by atoms with Crippen molar-refractivity contribution in [3.63, 3.8) is 0 Å². The molecular weight excluding hydrogens is 306 g/mol. The molecule has 0 radical (unpaired) electrons. The third kappa shape index (κ3) is 4.34. The number of benzene rings is 3. The Morgan fingerprint density at radius 3 is 1.04 bits per heavy atom. The molecule has 0 bridgehead atoms. The van der Waals surface area contributed by atoms with E-state index in [-0.39, 0.29) is 9.52 Å². The molecule has 1 aliphatic rings. The third-order valence-corrected chi connectivity index (χ3v) is 4.79. The molecule has 0 N–H and O–H groups in total. The summed E-state index contributed by atoms with van der Waals surface area (Å²) in [6, 6.07) is 31.3. The lowest BCUT2D eigenvalue weighted by Crippen LogP contribution is -2.09. The Morgan fingerprint density at radius 1 is 0.458 bits per heavy atom. The van der Waals surface area contributed by atoms with Crippen LogP contribution in [0.3, 0.4) is 0 Å². The van der Waals surface area contributed by atoms with Gasteiger partial charge in [-0.3, -0.25) is 0 Å². The van der Waals surface area contributed by atoms with Gasteiger partial charge in [-0.2, -0.15) is 0 Å². The SMILES string of the molecule is C1=C[SiH2]C=C1.c1ccc(N(c2ccccc2)c2ccccc2)cc1. The minimum Gasteiger partial charge on any atom is -0.311 e. The topological polar surface area (TPSA) is 3.24 Å². The van der Waals surface area contributed by atoms with Crippen LogP contribution in [-0.4, -0.2) is 9.52 Å². The second kappa shape index (κ2) is 8.70. The van der Waals surface area contributed by atoms with Crippen molar-refractivity contribution in [1.82, 2.24) is 0 Å². The van der Waals surface area contributed by atoms with E-state index in [0.717, 1.165) is 0 Å². The molecule has 0 saturated heterocycles. The molecule has 0 amide bonds. The predicted octanol–water partition coefficient (Wildman–Crippen LogP) is 5.35. The molecule has 1 nitrogen and oxygen atoms in total. The number of rotatable bonds is 3. The lowest BCUT2D eigenvalue weighted by molar-refractivity contribution is 1.28. The summed E-state index contributed by atoms with van der Waals surface area (Å²) in [5, 5.41) is 0. The number of para-hydroxylation sites is 3. The van der Waals surface area contributed by atoms with Crippen LogP contribution in [0.25, 0.3) is 0 Å². The monoisotopic (exact) mass is 327 g/mol. The molecule has 1 heterocycles. The van der Waals surface area contributed by atoms with Crippen molar-refractivity contribution in [3.05, 3.63) is 115 Å². The molecular formula is C22H21NSi. The molecule has 0 aromatic heterocycles. The molecule has 0 fully saturated rings. The van der Waals surface area contributed by atoms with Crippen LogP contribution < -0.4 is 4.90 Å². The van der Waals surface area contributed by atoms with Gasteiger partial charge in [0.1, 0.15) is 0 Å². The molecule has 24 heavy (non-hydrogen) atoms. The van der Waals surface area contributed by atoms with Crippen LogP contribution in [0.4, 0.5) is 17.1 Å². The first-order chi connectivity index (χ1) is 11.9. The molecule has 3 aromatic carbocycles. The zero-order valence-electron chi connectivity index (χ0n) is 13.6. The van der Waals surface area contributed by atoms with Crippen molar-refractivity contribution >= 4 is 26.6 Å². The van der Waals surface area contributed by atoms with Crippen molar-refractivity contribution in [3.8, 4) is 0 Å². The maximum absolute atomic E-state index is 2.26. The molecule has 0 atom stereocenters. The van der Waals surface area contributed by atoms with Gasteiger partial charge >= 0.3 is 0 Å². The van der Waals surface area contributed by atoms with Crippen LogP contribution in [0.1, 0.15) is 0 Å². The Balaban J connectivity index is 0.000000290. The van der Waals surface area contributed by atoms with E-state index in [1.54, 1.807) is 0 Å². The first-order valence-corrected chi connectivity index (χ1v) is 9.85. The van der Waals surface area contributed by atoms with E-state index in [0.29, 0.717) is 0 Å². The number of hydrogen-bond donors (Lipinski definition) is 0. The van der Waals surface area contributed by atoms with E-state index in [4.69, 9.17) is 0 Å². The largest absolute Gasteiger partial charge is 0.311 e. The predicted molar refractivity (Wildman–Crippen MR) is 108 cm³/mol. The van der Waals surface area contributed by atoms with Crippen LogP contribution in [0, 0.1) is 0 Å². The quantitative estimate of drug-likeness (QED) is 0.586. The van der Waals surface area contributed by atoms with Crippen LogP contribution in [0.2, 0.25) is 0 Å². The fourth-order valence-corrected chi connectivity index (χ4v) is 3.36. The van der Waals surface area contributed by atoms with Crippen LogP contribution in [0.5, 0.6) is 0 Å². The Labute approximate surface area is 146 Å². The second-order valence-corrected chi connectivity index (χ2v) is 6.85. The van der Waals surface area contributed by atoms with E-state index >= 15 is 0 Å². The summed E-state index contributed by atoms with van der Waals surface area (Å²) in [4.78, 5) is 2.25. The van der Waals surface area contributed by atoms with E-state index in [2.05, 4.69) is 101 Å². The first-order valence-electron chi connectivity index (χ1n) is 8.22. The average Bonchev–Trinajstić information content (AvgIpc) is 3.25. The molecule has 0 spiro atoms. The lowest BCUT2D eigenvalue weighted by atomic mass is 10.2. The smallest absolute Gasteiger partial charge is 0.0691 e. The van der Waals surface area contributed by atoms with Crippen molar-refractivity contribution < 1.29 is 0 Å². The zero-order valence-corrected chi connectivity index (χ0v) is 15.0. The molecule has 2 heteroatoms. The molecule has 118 valence electrons. The highest BCUT2D eigenvalue weighted by Gasteiger charge is 2.10. The molecule has 4 rings (SSSR count). The van der Waals surface area contributed by atoms with Gasteiger partial charge < -0.3 is 4.90 Å². The number of nitrogens with zero attached hydrogens (tertiary/aromatic N) is 1. The minimum absolute atomic E-state index is 0.182. The number of anilines is 3. The second-order valence-electron chi connectivity index (χ2n) is 5.43. The van der Waals surface area contributed by atoms with E-state index in [1.165, 1.54) is 17.1 Å². The number of hydrogen-bond acceptors (Lipinski definition) is 1. The maximum atomic E-state index is 2.26. The summed E-state index contributed by atoms with van der Waals surface area (Å²) in [5.41, 5.74) is 8.03. The van der Waals surface area contributed by atoms with Crippen LogP contribution in [0.15, 0.2) is 115 Å². The third-order valence-electron chi connectivity index (χ3n) is 3.70. The summed E-state index contributed by atoms with van der Waals surface area (Å²) >= 11 is 0. The Kier molecular flexibility index (Phi) is 5.81. The van der Waals surface area contributed by atoms with Gasteiger partial charge in [-0.05, 0) is 36.4 Å². The fraction of sp³-hybridized carbons (Fsp3) is 0. The fourth-order valence-electron chi connectivity index (χ4n) is 2.57. The minimum atomic E-state index is 0.182. The van der Waals surface area contributed by atoms with E-state index < -0.39 is 0 Å². The van der Waals surface area contributed by atoms with Crippen molar-refractivity contribution in [2.24, 2.45) is 0 Å². The highest BCUT2D eigenvalue weighted by Crippen LogP contribution is 2.33. The summed E-state index contributed by atoms with van der Waals surface area (Å²) in [7, 11) is 0.182. The van der Waals surface area contributed by atoms with Crippen LogP contribution >= 0.6 is 0 Å². The van der Waals surface area contributed by atoms with E-state index in [9.17, 15) is 0 Å². The maximum Gasteiger partial charge on any atom is 0.0691 e. The standard InChI is InChI=1S/C18H15N.C4H6Si/c1-4-10-16(11-5-1)19(17-12-6-2-7-13-17)18-14-8-3-9-15-18;1-2-4-5-3-1/h1-15H;1-4H,5H2. The number of allylic oxidation sites excluding steroid dienone is 2. The Bertz CT molecular complexity index is 676.